The summed E-state index contributed by atoms with van der Waals surface area (Å²) in [6.07, 6.45) is 0. The molecule has 8 rings (SSSR count). The van der Waals surface area contributed by atoms with Gasteiger partial charge in [-0.3, -0.25) is 0 Å². The summed E-state index contributed by atoms with van der Waals surface area (Å²) < 4.78 is 10.8. The number of rotatable bonds is 1. The van der Waals surface area contributed by atoms with Gasteiger partial charge in [0.2, 0.25) is 0 Å². The van der Waals surface area contributed by atoms with Crippen molar-refractivity contribution in [3.63, 3.8) is 0 Å². The van der Waals surface area contributed by atoms with E-state index in [1.807, 2.05) is 12.1 Å². The molecule has 0 unspecified atom stereocenters. The maximum absolute atomic E-state index is 6.11. The van der Waals surface area contributed by atoms with E-state index in [1.165, 1.54) is 49.2 Å². The molecule has 0 atom stereocenters. The summed E-state index contributed by atoms with van der Waals surface area (Å²) in [7, 11) is 2.17. The third-order valence-electron chi connectivity index (χ3n) is 7.58. The molecule has 0 fully saturated rings. The van der Waals surface area contributed by atoms with Crippen LogP contribution in [0.3, 0.4) is 0 Å². The lowest BCUT2D eigenvalue weighted by Crippen LogP contribution is -1.93. The van der Waals surface area contributed by atoms with Crippen molar-refractivity contribution in [1.29, 1.82) is 0 Å². The van der Waals surface area contributed by atoms with Gasteiger partial charge in [-0.1, -0.05) is 48.0 Å². The molecule has 3 heteroatoms. The quantitative estimate of drug-likeness (QED) is 0.245. The zero-order chi connectivity index (χ0) is 23.3. The predicted octanol–water partition coefficient (Wildman–Crippen LogP) is 8.64. The number of benzene rings is 5. The minimum Gasteiger partial charge on any atom is -0.456 e. The van der Waals surface area contributed by atoms with Gasteiger partial charge < -0.3 is 13.6 Å². The second-order valence-electron chi connectivity index (χ2n) is 9.56. The Morgan fingerprint density at radius 2 is 1.26 bits per heavy atom. The molecule has 5 aromatic carbocycles. The standard InChI is InChI=1S/C32H22N2O/c1-19-11-13-26-24(17-19)32-28(15-14-27-31(32)22-8-3-5-9-25(22)33(27)2)34(26)20-12-16-30-23(18-20)21-7-4-6-10-29(21)35-30/h3-18H,1-2H3. The average Bonchev–Trinajstić information content (AvgIpc) is 3.51. The van der Waals surface area contributed by atoms with Gasteiger partial charge in [-0.05, 0) is 61.5 Å². The Balaban J connectivity index is 1.57. The fourth-order valence-electron chi connectivity index (χ4n) is 6.01. The molecule has 0 bridgehead atoms. The highest BCUT2D eigenvalue weighted by molar-refractivity contribution is 6.28. The first kappa shape index (κ1) is 18.9. The minimum atomic E-state index is 0.919. The van der Waals surface area contributed by atoms with Crippen molar-refractivity contribution in [2.75, 3.05) is 0 Å². The molecule has 0 aliphatic heterocycles. The van der Waals surface area contributed by atoms with Crippen molar-refractivity contribution >= 4 is 65.6 Å². The Hall–Kier alpha value is -4.50. The van der Waals surface area contributed by atoms with E-state index in [1.54, 1.807) is 0 Å². The summed E-state index contributed by atoms with van der Waals surface area (Å²) in [5.41, 5.74) is 9.22. The zero-order valence-electron chi connectivity index (χ0n) is 19.5. The SMILES string of the molecule is Cc1ccc2c(c1)c1c3c4ccccc4n(C)c3ccc1n2-c1ccc2oc3ccccc3c2c1. The Bertz CT molecular complexity index is 2130. The number of hydrogen-bond acceptors (Lipinski definition) is 1. The van der Waals surface area contributed by atoms with E-state index in [9.17, 15) is 0 Å². The first-order chi connectivity index (χ1) is 17.2. The summed E-state index contributed by atoms with van der Waals surface area (Å²) >= 11 is 0. The number of fused-ring (bicyclic) bond motifs is 10. The molecule has 3 nitrogen and oxygen atoms in total. The van der Waals surface area contributed by atoms with Gasteiger partial charge >= 0.3 is 0 Å². The molecule has 0 radical (unpaired) electrons. The Morgan fingerprint density at radius 3 is 2.17 bits per heavy atom. The molecule has 0 spiro atoms. The van der Waals surface area contributed by atoms with Crippen LogP contribution in [0.5, 0.6) is 0 Å². The van der Waals surface area contributed by atoms with Crippen LogP contribution in [0.15, 0.2) is 101 Å². The van der Waals surface area contributed by atoms with E-state index in [0.717, 1.165) is 27.6 Å². The third kappa shape index (κ3) is 2.40. The summed E-state index contributed by atoms with van der Waals surface area (Å²) in [6.45, 7) is 2.18. The maximum atomic E-state index is 6.11. The molecule has 0 N–H and O–H groups in total. The van der Waals surface area contributed by atoms with Crippen molar-refractivity contribution in [2.45, 2.75) is 6.92 Å². The normalized spacial score (nSPS) is 12.3. The molecule has 3 heterocycles. The first-order valence-electron chi connectivity index (χ1n) is 12.0. The second-order valence-corrected chi connectivity index (χ2v) is 9.56. The summed E-state index contributed by atoms with van der Waals surface area (Å²) in [4.78, 5) is 0. The van der Waals surface area contributed by atoms with Gasteiger partial charge in [0.25, 0.3) is 0 Å². The van der Waals surface area contributed by atoms with Crippen LogP contribution in [-0.4, -0.2) is 9.13 Å². The van der Waals surface area contributed by atoms with Gasteiger partial charge in [0.1, 0.15) is 11.2 Å². The number of hydrogen-bond donors (Lipinski definition) is 0. The number of nitrogens with zero attached hydrogens (tertiary/aromatic N) is 2. The lowest BCUT2D eigenvalue weighted by atomic mass is 10.0. The summed E-state index contributed by atoms with van der Waals surface area (Å²) in [5, 5.41) is 7.52. The lowest BCUT2D eigenvalue weighted by Gasteiger charge is -2.08. The molecule has 0 amide bonds. The molecule has 166 valence electrons. The number of para-hydroxylation sites is 2. The summed E-state index contributed by atoms with van der Waals surface area (Å²) in [6, 6.07) is 34.9. The van der Waals surface area contributed by atoms with Gasteiger partial charge in [-0.25, -0.2) is 0 Å². The fraction of sp³-hybridized carbons (Fsp3) is 0.0625. The van der Waals surface area contributed by atoms with Crippen molar-refractivity contribution in [2.24, 2.45) is 7.05 Å². The predicted molar refractivity (Wildman–Crippen MR) is 147 cm³/mol. The molecule has 0 aliphatic rings. The van der Waals surface area contributed by atoms with Gasteiger partial charge in [0.05, 0.1) is 11.0 Å². The molecule has 35 heavy (non-hydrogen) atoms. The topological polar surface area (TPSA) is 23.0 Å². The number of aryl methyl sites for hydroxylation is 2. The number of aromatic nitrogens is 2. The Morgan fingerprint density at radius 1 is 0.543 bits per heavy atom. The highest BCUT2D eigenvalue weighted by Gasteiger charge is 2.19. The molecule has 0 aliphatic carbocycles. The van der Waals surface area contributed by atoms with Gasteiger partial charge in [-0.15, -0.1) is 0 Å². The van der Waals surface area contributed by atoms with Crippen LogP contribution in [-0.2, 0) is 7.05 Å². The van der Waals surface area contributed by atoms with E-state index in [-0.39, 0.29) is 0 Å². The van der Waals surface area contributed by atoms with Crippen LogP contribution >= 0.6 is 0 Å². The largest absolute Gasteiger partial charge is 0.456 e. The summed E-state index contributed by atoms with van der Waals surface area (Å²) in [5.74, 6) is 0. The molecular formula is C32H22N2O. The van der Waals surface area contributed by atoms with E-state index >= 15 is 0 Å². The van der Waals surface area contributed by atoms with Crippen molar-refractivity contribution in [1.82, 2.24) is 9.13 Å². The molecule has 3 aromatic heterocycles. The second kappa shape index (κ2) is 6.55. The van der Waals surface area contributed by atoms with Crippen LogP contribution in [0.25, 0.3) is 71.2 Å². The monoisotopic (exact) mass is 450 g/mol. The maximum Gasteiger partial charge on any atom is 0.135 e. The highest BCUT2D eigenvalue weighted by atomic mass is 16.3. The smallest absolute Gasteiger partial charge is 0.135 e. The van der Waals surface area contributed by atoms with E-state index in [0.29, 0.717) is 0 Å². The van der Waals surface area contributed by atoms with Crippen LogP contribution in [0.2, 0.25) is 0 Å². The van der Waals surface area contributed by atoms with Crippen LogP contribution in [0.1, 0.15) is 5.56 Å². The fourth-order valence-corrected chi connectivity index (χ4v) is 6.01. The average molecular weight is 451 g/mol. The lowest BCUT2D eigenvalue weighted by molar-refractivity contribution is 0.669. The number of furan rings is 1. The molecular weight excluding hydrogens is 428 g/mol. The van der Waals surface area contributed by atoms with Crippen LogP contribution in [0, 0.1) is 6.92 Å². The van der Waals surface area contributed by atoms with Crippen LogP contribution in [0.4, 0.5) is 0 Å². The minimum absolute atomic E-state index is 0.919. The zero-order valence-corrected chi connectivity index (χ0v) is 19.5. The van der Waals surface area contributed by atoms with Crippen molar-refractivity contribution in [3.05, 3.63) is 103 Å². The molecule has 0 saturated carbocycles. The van der Waals surface area contributed by atoms with Gasteiger partial charge in [0.15, 0.2) is 0 Å². The van der Waals surface area contributed by atoms with E-state index in [4.69, 9.17) is 4.42 Å². The van der Waals surface area contributed by atoms with Gasteiger partial charge in [0, 0.05) is 56.1 Å². The first-order valence-corrected chi connectivity index (χ1v) is 12.0. The highest BCUT2D eigenvalue weighted by Crippen LogP contribution is 2.41. The van der Waals surface area contributed by atoms with E-state index in [2.05, 4.69) is 108 Å². The van der Waals surface area contributed by atoms with Crippen LogP contribution < -0.4 is 0 Å². The van der Waals surface area contributed by atoms with E-state index < -0.39 is 0 Å². The molecule has 0 saturated heterocycles. The third-order valence-corrected chi connectivity index (χ3v) is 7.58. The Kier molecular flexibility index (Phi) is 3.53. The van der Waals surface area contributed by atoms with Crippen molar-refractivity contribution < 1.29 is 4.42 Å². The van der Waals surface area contributed by atoms with Crippen molar-refractivity contribution in [3.8, 4) is 5.69 Å². The molecule has 8 aromatic rings. The Labute approximate surface area is 201 Å². The van der Waals surface area contributed by atoms with Gasteiger partial charge in [-0.2, -0.15) is 0 Å².